The third kappa shape index (κ3) is 2.49. The average molecular weight is 271 g/mol. The van der Waals surface area contributed by atoms with Crippen LogP contribution in [0.15, 0.2) is 30.5 Å². The van der Waals surface area contributed by atoms with Crippen molar-refractivity contribution in [1.29, 1.82) is 0 Å². The molecule has 1 aliphatic heterocycles. The van der Waals surface area contributed by atoms with Crippen LogP contribution in [0, 0.1) is 0 Å². The summed E-state index contributed by atoms with van der Waals surface area (Å²) in [5.74, 6) is 0.215. The van der Waals surface area contributed by atoms with Crippen LogP contribution >= 0.6 is 0 Å². The Labute approximate surface area is 117 Å². The van der Waals surface area contributed by atoms with Gasteiger partial charge in [0.25, 0.3) is 0 Å². The fourth-order valence-corrected chi connectivity index (χ4v) is 2.34. The van der Waals surface area contributed by atoms with Gasteiger partial charge >= 0.3 is 0 Å². The molecule has 0 atom stereocenters. The van der Waals surface area contributed by atoms with Gasteiger partial charge in [0.1, 0.15) is 0 Å². The zero-order chi connectivity index (χ0) is 13.9. The van der Waals surface area contributed by atoms with Crippen LogP contribution in [0.25, 0.3) is 0 Å². The quantitative estimate of drug-likeness (QED) is 0.916. The Hall–Kier alpha value is -2.37. The molecule has 1 fully saturated rings. The second-order valence-corrected chi connectivity index (χ2v) is 4.90. The average Bonchev–Trinajstić information content (AvgIpc) is 3.06. The summed E-state index contributed by atoms with van der Waals surface area (Å²) in [6.07, 6.45) is 3.35. The number of hydrogen-bond donors (Lipinski definition) is 1. The van der Waals surface area contributed by atoms with E-state index >= 15 is 0 Å². The van der Waals surface area contributed by atoms with Crippen LogP contribution < -0.4 is 10.2 Å². The van der Waals surface area contributed by atoms with Gasteiger partial charge in [-0.15, -0.1) is 5.10 Å². The summed E-state index contributed by atoms with van der Waals surface area (Å²) in [5.41, 5.74) is 3.01. The third-order valence-corrected chi connectivity index (χ3v) is 3.53. The normalized spacial score (nSPS) is 14.8. The van der Waals surface area contributed by atoms with Gasteiger partial charge in [-0.1, -0.05) is 5.21 Å². The topological polar surface area (TPSA) is 63.1 Å². The van der Waals surface area contributed by atoms with Crippen LogP contribution in [-0.2, 0) is 18.4 Å². The van der Waals surface area contributed by atoms with E-state index in [0.29, 0.717) is 13.0 Å². The van der Waals surface area contributed by atoms with Crippen LogP contribution in [0.4, 0.5) is 11.4 Å². The molecule has 0 aliphatic carbocycles. The molecule has 0 spiro atoms. The van der Waals surface area contributed by atoms with Gasteiger partial charge in [0, 0.05) is 31.4 Å². The van der Waals surface area contributed by atoms with Crippen molar-refractivity contribution in [3.05, 3.63) is 36.2 Å². The smallest absolute Gasteiger partial charge is 0.227 e. The van der Waals surface area contributed by atoms with Gasteiger partial charge in [-0.05, 0) is 30.7 Å². The maximum absolute atomic E-state index is 11.7. The Balaban J connectivity index is 1.64. The highest BCUT2D eigenvalue weighted by Gasteiger charge is 2.21. The van der Waals surface area contributed by atoms with E-state index in [2.05, 4.69) is 15.6 Å². The maximum atomic E-state index is 11.7. The number of carbonyl (C=O) groups is 1. The number of hydrogen-bond acceptors (Lipinski definition) is 4. The molecule has 2 aromatic rings. The van der Waals surface area contributed by atoms with Gasteiger partial charge in [0.15, 0.2) is 0 Å². The molecule has 0 unspecified atom stereocenters. The monoisotopic (exact) mass is 271 g/mol. The molecule has 1 amide bonds. The first-order chi connectivity index (χ1) is 9.74. The van der Waals surface area contributed by atoms with E-state index in [1.165, 1.54) is 0 Å². The molecule has 20 heavy (non-hydrogen) atoms. The summed E-state index contributed by atoms with van der Waals surface area (Å²) in [7, 11) is 1.87. The van der Waals surface area contributed by atoms with Crippen LogP contribution in [0.3, 0.4) is 0 Å². The highest BCUT2D eigenvalue weighted by molar-refractivity contribution is 5.95. The number of nitrogens with one attached hydrogen (secondary N) is 1. The van der Waals surface area contributed by atoms with E-state index in [1.54, 1.807) is 10.9 Å². The van der Waals surface area contributed by atoms with E-state index < -0.39 is 0 Å². The zero-order valence-electron chi connectivity index (χ0n) is 11.4. The molecule has 6 nitrogen and oxygen atoms in total. The lowest BCUT2D eigenvalue weighted by molar-refractivity contribution is -0.117. The lowest BCUT2D eigenvalue weighted by Gasteiger charge is -2.16. The molecule has 1 N–H and O–H groups in total. The molecular formula is C14H17N5O. The summed E-state index contributed by atoms with van der Waals surface area (Å²) in [6, 6.07) is 7.94. The number of amides is 1. The van der Waals surface area contributed by atoms with Gasteiger partial charge in [-0.25, -0.2) is 0 Å². The molecule has 1 saturated heterocycles. The van der Waals surface area contributed by atoms with Crippen molar-refractivity contribution in [2.24, 2.45) is 7.05 Å². The van der Waals surface area contributed by atoms with Gasteiger partial charge < -0.3 is 10.2 Å². The SMILES string of the molecule is Cn1nncc1CNc1ccc(N2CCCC2=O)cc1. The van der Waals surface area contributed by atoms with Crippen LogP contribution in [0.1, 0.15) is 18.5 Å². The summed E-state index contributed by atoms with van der Waals surface area (Å²) in [4.78, 5) is 13.5. The van der Waals surface area contributed by atoms with Crippen molar-refractivity contribution in [3.63, 3.8) is 0 Å². The summed E-state index contributed by atoms with van der Waals surface area (Å²) in [5, 5.41) is 11.0. The molecule has 1 aromatic heterocycles. The third-order valence-electron chi connectivity index (χ3n) is 3.53. The van der Waals surface area contributed by atoms with Crippen molar-refractivity contribution in [2.45, 2.75) is 19.4 Å². The highest BCUT2D eigenvalue weighted by Crippen LogP contribution is 2.23. The maximum Gasteiger partial charge on any atom is 0.227 e. The van der Waals surface area contributed by atoms with Crippen molar-refractivity contribution in [2.75, 3.05) is 16.8 Å². The molecule has 1 aliphatic rings. The predicted octanol–water partition coefficient (Wildman–Crippen LogP) is 1.55. The Kier molecular flexibility index (Phi) is 3.37. The number of benzene rings is 1. The fourth-order valence-electron chi connectivity index (χ4n) is 2.34. The zero-order valence-corrected chi connectivity index (χ0v) is 11.4. The van der Waals surface area contributed by atoms with Crippen LogP contribution in [-0.4, -0.2) is 27.4 Å². The molecule has 0 bridgehead atoms. The minimum Gasteiger partial charge on any atom is -0.379 e. The van der Waals surface area contributed by atoms with Crippen LogP contribution in [0.2, 0.25) is 0 Å². The largest absolute Gasteiger partial charge is 0.379 e. The Morgan fingerprint density at radius 1 is 1.30 bits per heavy atom. The Morgan fingerprint density at radius 2 is 2.10 bits per heavy atom. The second kappa shape index (κ2) is 5.32. The number of aryl methyl sites for hydroxylation is 1. The number of anilines is 2. The Bertz CT molecular complexity index is 604. The van der Waals surface area contributed by atoms with Crippen molar-refractivity contribution in [1.82, 2.24) is 15.0 Å². The molecule has 3 rings (SSSR count). The summed E-state index contributed by atoms with van der Waals surface area (Å²) in [6.45, 7) is 1.50. The standard InChI is InChI=1S/C14H17N5O/c1-18-13(10-16-17-18)9-15-11-4-6-12(7-5-11)19-8-2-3-14(19)20/h4-7,10,15H,2-3,8-9H2,1H3. The van der Waals surface area contributed by atoms with E-state index in [4.69, 9.17) is 0 Å². The lowest BCUT2D eigenvalue weighted by atomic mass is 10.2. The molecule has 0 saturated carbocycles. The molecular weight excluding hydrogens is 254 g/mol. The fraction of sp³-hybridized carbons (Fsp3) is 0.357. The van der Waals surface area contributed by atoms with Crippen molar-refractivity contribution < 1.29 is 4.79 Å². The number of nitrogens with zero attached hydrogens (tertiary/aromatic N) is 4. The second-order valence-electron chi connectivity index (χ2n) is 4.90. The first-order valence-electron chi connectivity index (χ1n) is 6.72. The molecule has 104 valence electrons. The lowest BCUT2D eigenvalue weighted by Crippen LogP contribution is -2.23. The van der Waals surface area contributed by atoms with E-state index in [1.807, 2.05) is 36.2 Å². The van der Waals surface area contributed by atoms with Crippen molar-refractivity contribution >= 4 is 17.3 Å². The molecule has 2 heterocycles. The minimum atomic E-state index is 0.215. The van der Waals surface area contributed by atoms with E-state index in [-0.39, 0.29) is 5.91 Å². The molecule has 1 aromatic carbocycles. The minimum absolute atomic E-state index is 0.215. The highest BCUT2D eigenvalue weighted by atomic mass is 16.2. The predicted molar refractivity (Wildman–Crippen MR) is 76.4 cm³/mol. The van der Waals surface area contributed by atoms with Crippen LogP contribution in [0.5, 0.6) is 0 Å². The van der Waals surface area contributed by atoms with Gasteiger partial charge in [-0.3, -0.25) is 9.48 Å². The number of rotatable bonds is 4. The van der Waals surface area contributed by atoms with E-state index in [9.17, 15) is 4.79 Å². The van der Waals surface area contributed by atoms with E-state index in [0.717, 1.165) is 30.0 Å². The number of carbonyl (C=O) groups excluding carboxylic acids is 1. The van der Waals surface area contributed by atoms with Gasteiger partial charge in [0.05, 0.1) is 18.4 Å². The first-order valence-corrected chi connectivity index (χ1v) is 6.72. The number of aromatic nitrogens is 3. The Morgan fingerprint density at radius 3 is 2.70 bits per heavy atom. The summed E-state index contributed by atoms with van der Waals surface area (Å²) < 4.78 is 1.74. The molecule has 0 radical (unpaired) electrons. The first kappa shape index (κ1) is 12.7. The van der Waals surface area contributed by atoms with Gasteiger partial charge in [0.2, 0.25) is 5.91 Å². The van der Waals surface area contributed by atoms with Crippen molar-refractivity contribution in [3.8, 4) is 0 Å². The van der Waals surface area contributed by atoms with Gasteiger partial charge in [-0.2, -0.15) is 0 Å². The summed E-state index contributed by atoms with van der Waals surface area (Å²) >= 11 is 0. The molecule has 6 heteroatoms.